The second-order valence-corrected chi connectivity index (χ2v) is 9.32. The van der Waals surface area contributed by atoms with Crippen LogP contribution in [0, 0.1) is 0 Å². The zero-order valence-electron chi connectivity index (χ0n) is 20.5. The molecule has 3 heteroatoms. The predicted octanol–water partition coefficient (Wildman–Crippen LogP) is 5.81. The minimum atomic E-state index is -0.380. The van der Waals surface area contributed by atoms with Crippen molar-refractivity contribution < 1.29 is 4.74 Å². The Bertz CT molecular complexity index is 1070. The number of hydrogen-bond donors (Lipinski definition) is 0. The Balaban J connectivity index is 1.59. The molecule has 1 unspecified atom stereocenters. The van der Waals surface area contributed by atoms with Crippen LogP contribution in [0.4, 0.5) is 0 Å². The minimum Gasteiger partial charge on any atom is -0.383 e. The van der Waals surface area contributed by atoms with Crippen LogP contribution in [0.3, 0.4) is 0 Å². The lowest BCUT2D eigenvalue weighted by Gasteiger charge is -2.51. The Morgan fingerprint density at radius 1 is 0.657 bits per heavy atom. The summed E-state index contributed by atoms with van der Waals surface area (Å²) in [4.78, 5) is 5.26. The Morgan fingerprint density at radius 2 is 1.11 bits per heavy atom. The fourth-order valence-corrected chi connectivity index (χ4v) is 5.66. The predicted molar refractivity (Wildman–Crippen MR) is 143 cm³/mol. The van der Waals surface area contributed by atoms with E-state index in [9.17, 15) is 0 Å². The summed E-state index contributed by atoms with van der Waals surface area (Å²) in [6, 6.07) is 44.0. The lowest BCUT2D eigenvalue weighted by molar-refractivity contribution is -0.00721. The standard InChI is InChI=1S/C32H34N2O/c1-35-26-31-25-34(23-22-33(31)24-27-14-6-2-7-15-27)32(28-16-8-3-9-17-28,29-18-10-4-11-19-29)30-20-12-5-13-21-30/h2-21,31H,22-26H2,1H3. The van der Waals surface area contributed by atoms with Gasteiger partial charge in [-0.2, -0.15) is 0 Å². The van der Waals surface area contributed by atoms with Crippen LogP contribution in [-0.4, -0.2) is 49.2 Å². The van der Waals surface area contributed by atoms with E-state index in [1.807, 2.05) is 7.11 Å². The van der Waals surface area contributed by atoms with Gasteiger partial charge in [-0.1, -0.05) is 121 Å². The normalized spacial score (nSPS) is 17.3. The van der Waals surface area contributed by atoms with Crippen LogP contribution in [-0.2, 0) is 16.8 Å². The van der Waals surface area contributed by atoms with Gasteiger partial charge in [0.2, 0.25) is 0 Å². The largest absolute Gasteiger partial charge is 0.383 e. The zero-order valence-corrected chi connectivity index (χ0v) is 20.5. The van der Waals surface area contributed by atoms with Gasteiger partial charge in [0.25, 0.3) is 0 Å². The molecule has 3 nitrogen and oxygen atoms in total. The molecule has 0 bridgehead atoms. The molecule has 1 atom stereocenters. The highest BCUT2D eigenvalue weighted by molar-refractivity contribution is 5.49. The molecule has 5 rings (SSSR count). The second-order valence-electron chi connectivity index (χ2n) is 9.32. The first-order valence-electron chi connectivity index (χ1n) is 12.5. The number of piperazine rings is 1. The maximum Gasteiger partial charge on any atom is 0.0973 e. The first-order chi connectivity index (χ1) is 17.3. The SMILES string of the molecule is COCC1CN(C(c2ccccc2)(c2ccccc2)c2ccccc2)CCN1Cc1ccccc1. The summed E-state index contributed by atoms with van der Waals surface area (Å²) in [6.45, 7) is 4.51. The third kappa shape index (κ3) is 4.81. The summed E-state index contributed by atoms with van der Waals surface area (Å²) in [5.74, 6) is 0. The van der Waals surface area contributed by atoms with Crippen LogP contribution in [0.15, 0.2) is 121 Å². The minimum absolute atomic E-state index is 0.296. The number of nitrogens with zero attached hydrogens (tertiary/aromatic N) is 2. The molecule has 0 spiro atoms. The van der Waals surface area contributed by atoms with Crippen LogP contribution in [0.2, 0.25) is 0 Å². The van der Waals surface area contributed by atoms with Crippen molar-refractivity contribution in [1.29, 1.82) is 0 Å². The fourth-order valence-electron chi connectivity index (χ4n) is 5.66. The van der Waals surface area contributed by atoms with Crippen molar-refractivity contribution in [2.75, 3.05) is 33.4 Å². The molecular weight excluding hydrogens is 428 g/mol. The van der Waals surface area contributed by atoms with E-state index in [-0.39, 0.29) is 5.54 Å². The smallest absolute Gasteiger partial charge is 0.0973 e. The number of hydrogen-bond acceptors (Lipinski definition) is 3. The van der Waals surface area contributed by atoms with Crippen LogP contribution in [0.25, 0.3) is 0 Å². The quantitative estimate of drug-likeness (QED) is 0.307. The molecule has 0 saturated carbocycles. The van der Waals surface area contributed by atoms with Gasteiger partial charge in [0.15, 0.2) is 0 Å². The van der Waals surface area contributed by atoms with Gasteiger partial charge in [0, 0.05) is 39.3 Å². The Hall–Kier alpha value is -3.24. The Labute approximate surface area is 209 Å². The van der Waals surface area contributed by atoms with Crippen LogP contribution in [0.5, 0.6) is 0 Å². The molecule has 4 aromatic carbocycles. The molecule has 1 saturated heterocycles. The van der Waals surface area contributed by atoms with Gasteiger partial charge in [-0.05, 0) is 22.3 Å². The van der Waals surface area contributed by atoms with Gasteiger partial charge >= 0.3 is 0 Å². The summed E-state index contributed by atoms with van der Waals surface area (Å²) >= 11 is 0. The van der Waals surface area contributed by atoms with Crippen molar-refractivity contribution in [2.24, 2.45) is 0 Å². The molecule has 4 aromatic rings. The average Bonchev–Trinajstić information content (AvgIpc) is 2.93. The first-order valence-corrected chi connectivity index (χ1v) is 12.5. The lowest BCUT2D eigenvalue weighted by atomic mass is 9.75. The van der Waals surface area contributed by atoms with Crippen LogP contribution < -0.4 is 0 Å². The van der Waals surface area contributed by atoms with Crippen molar-refractivity contribution in [3.8, 4) is 0 Å². The summed E-state index contributed by atoms with van der Waals surface area (Å²) < 4.78 is 5.76. The van der Waals surface area contributed by atoms with E-state index in [4.69, 9.17) is 4.74 Å². The topological polar surface area (TPSA) is 15.7 Å². The molecule has 0 N–H and O–H groups in total. The first kappa shape index (κ1) is 23.5. The van der Waals surface area contributed by atoms with E-state index in [0.717, 1.165) is 26.2 Å². The highest BCUT2D eigenvalue weighted by Gasteiger charge is 2.45. The number of rotatable bonds is 8. The molecule has 178 valence electrons. The maximum atomic E-state index is 5.76. The summed E-state index contributed by atoms with van der Waals surface area (Å²) in [6.07, 6.45) is 0. The number of ether oxygens (including phenoxy) is 1. The molecule has 0 amide bonds. The van der Waals surface area contributed by atoms with Crippen LogP contribution >= 0.6 is 0 Å². The summed E-state index contributed by atoms with van der Waals surface area (Å²) in [5.41, 5.74) is 4.86. The van der Waals surface area contributed by atoms with Gasteiger partial charge < -0.3 is 4.74 Å². The molecule has 0 aromatic heterocycles. The van der Waals surface area contributed by atoms with E-state index in [1.165, 1.54) is 22.3 Å². The van der Waals surface area contributed by atoms with Gasteiger partial charge in [0.1, 0.15) is 0 Å². The van der Waals surface area contributed by atoms with E-state index < -0.39 is 0 Å². The van der Waals surface area contributed by atoms with E-state index >= 15 is 0 Å². The molecule has 1 aliphatic rings. The Kier molecular flexibility index (Phi) is 7.39. The van der Waals surface area contributed by atoms with Gasteiger partial charge in [0.05, 0.1) is 12.1 Å². The lowest BCUT2D eigenvalue weighted by Crippen LogP contribution is -2.61. The van der Waals surface area contributed by atoms with Gasteiger partial charge in [-0.25, -0.2) is 0 Å². The van der Waals surface area contributed by atoms with Crippen molar-refractivity contribution in [2.45, 2.75) is 18.1 Å². The zero-order chi connectivity index (χ0) is 23.9. The third-order valence-electron chi connectivity index (χ3n) is 7.24. The van der Waals surface area contributed by atoms with Crippen LogP contribution in [0.1, 0.15) is 22.3 Å². The maximum absolute atomic E-state index is 5.76. The molecule has 0 aliphatic carbocycles. The van der Waals surface area contributed by atoms with Gasteiger partial charge in [-0.15, -0.1) is 0 Å². The molecule has 1 aliphatic heterocycles. The molecular formula is C32H34N2O. The monoisotopic (exact) mass is 462 g/mol. The second kappa shape index (κ2) is 11.0. The summed E-state index contributed by atoms with van der Waals surface area (Å²) in [5, 5.41) is 0. The summed E-state index contributed by atoms with van der Waals surface area (Å²) in [7, 11) is 1.82. The fraction of sp³-hybridized carbons (Fsp3) is 0.250. The van der Waals surface area contributed by atoms with E-state index in [1.54, 1.807) is 0 Å². The molecule has 1 heterocycles. The van der Waals surface area contributed by atoms with Gasteiger partial charge in [-0.3, -0.25) is 9.80 Å². The average molecular weight is 463 g/mol. The van der Waals surface area contributed by atoms with Crippen molar-refractivity contribution in [3.05, 3.63) is 144 Å². The number of benzene rings is 4. The Morgan fingerprint density at radius 3 is 1.57 bits per heavy atom. The van der Waals surface area contributed by atoms with Crippen molar-refractivity contribution in [3.63, 3.8) is 0 Å². The molecule has 1 fully saturated rings. The highest BCUT2D eigenvalue weighted by Crippen LogP contribution is 2.43. The van der Waals surface area contributed by atoms with E-state index in [2.05, 4.69) is 131 Å². The highest BCUT2D eigenvalue weighted by atomic mass is 16.5. The molecule has 0 radical (unpaired) electrons. The molecule has 35 heavy (non-hydrogen) atoms. The van der Waals surface area contributed by atoms with Crippen molar-refractivity contribution in [1.82, 2.24) is 9.80 Å². The van der Waals surface area contributed by atoms with E-state index in [0.29, 0.717) is 12.6 Å². The van der Waals surface area contributed by atoms with Crippen molar-refractivity contribution >= 4 is 0 Å². The third-order valence-corrected chi connectivity index (χ3v) is 7.24. The number of methoxy groups -OCH3 is 1.